The summed E-state index contributed by atoms with van der Waals surface area (Å²) in [6.07, 6.45) is 8.95. The number of nitrogens with zero attached hydrogens (tertiary/aromatic N) is 3. The molecule has 10 heteroatoms. The molecule has 5 rings (SSSR count). The number of carbonyl (C=O) groups excluding carboxylic acids is 1. The van der Waals surface area contributed by atoms with Crippen molar-refractivity contribution in [3.63, 3.8) is 0 Å². The number of ether oxygens (including phenoxy) is 1. The fourth-order valence-corrected chi connectivity index (χ4v) is 6.02. The number of amides is 2. The van der Waals surface area contributed by atoms with E-state index in [1.807, 2.05) is 6.92 Å². The van der Waals surface area contributed by atoms with Crippen molar-refractivity contribution in [2.75, 3.05) is 12.4 Å². The van der Waals surface area contributed by atoms with Crippen LogP contribution in [0.25, 0.3) is 0 Å². The second-order valence-corrected chi connectivity index (χ2v) is 10.3. The Hall–Kier alpha value is -2.62. The zero-order valence-electron chi connectivity index (χ0n) is 17.8. The highest BCUT2D eigenvalue weighted by Crippen LogP contribution is 2.58. The van der Waals surface area contributed by atoms with Gasteiger partial charge >= 0.3 is 6.03 Å². The highest BCUT2D eigenvalue weighted by Gasteiger charge is 2.51. The number of fused-ring (bicyclic) bond motifs is 3. The number of rotatable bonds is 6. The van der Waals surface area contributed by atoms with Crippen molar-refractivity contribution >= 4 is 21.7 Å². The van der Waals surface area contributed by atoms with Crippen LogP contribution < -0.4 is 14.8 Å². The summed E-state index contributed by atoms with van der Waals surface area (Å²) in [4.78, 5) is 17.6. The quantitative estimate of drug-likeness (QED) is 0.706. The lowest BCUT2D eigenvalue weighted by atomic mass is 10.0. The van der Waals surface area contributed by atoms with E-state index < -0.39 is 16.1 Å². The molecule has 31 heavy (non-hydrogen) atoms. The molecule has 2 amide bonds. The van der Waals surface area contributed by atoms with E-state index in [1.54, 1.807) is 0 Å². The van der Waals surface area contributed by atoms with Crippen molar-refractivity contribution in [1.82, 2.24) is 19.5 Å². The standard InChI is InChI=1S/C21H27N5O4S/c1-3-11-26-19(30-2)16(12-22-26)31(28,29)25-20(27)24-17-13-5-4-6-15(13)23-18-14(17)7-8-21(18)9-10-21/h12H,3-11H2,1-2H3,(H2,23,24,25,27). The minimum absolute atomic E-state index is 0.114. The first-order valence-electron chi connectivity index (χ1n) is 10.9. The van der Waals surface area contributed by atoms with Gasteiger partial charge in [0.1, 0.15) is 0 Å². The summed E-state index contributed by atoms with van der Waals surface area (Å²) < 4.78 is 34.6. The maximum atomic E-state index is 12.9. The molecule has 0 unspecified atom stereocenters. The number of hydrogen-bond donors (Lipinski definition) is 2. The van der Waals surface area contributed by atoms with Gasteiger partial charge in [-0.05, 0) is 62.5 Å². The summed E-state index contributed by atoms with van der Waals surface area (Å²) in [7, 11) is -2.76. The Bertz CT molecular complexity index is 1170. The Morgan fingerprint density at radius 3 is 2.74 bits per heavy atom. The average Bonchev–Trinajstić information content (AvgIpc) is 3.04. The Morgan fingerprint density at radius 2 is 2.03 bits per heavy atom. The molecule has 2 aromatic heterocycles. The minimum atomic E-state index is -4.14. The molecule has 0 atom stereocenters. The van der Waals surface area contributed by atoms with Gasteiger partial charge in [-0.1, -0.05) is 6.92 Å². The summed E-state index contributed by atoms with van der Waals surface area (Å²) in [5.41, 5.74) is 5.26. The van der Waals surface area contributed by atoms with E-state index >= 15 is 0 Å². The lowest BCUT2D eigenvalue weighted by Gasteiger charge is -2.17. The SMILES string of the molecule is CCCn1ncc(S(=O)(=O)NC(=O)Nc2c3c(nc4c2CCC42CC2)CCC3)c1OC. The highest BCUT2D eigenvalue weighted by atomic mass is 32.2. The number of pyridine rings is 1. The summed E-state index contributed by atoms with van der Waals surface area (Å²) in [5.74, 6) is 0.114. The molecule has 0 radical (unpaired) electrons. The van der Waals surface area contributed by atoms with Gasteiger partial charge in [-0.3, -0.25) is 4.98 Å². The molecule has 2 N–H and O–H groups in total. The van der Waals surface area contributed by atoms with E-state index in [1.165, 1.54) is 18.0 Å². The zero-order valence-corrected chi connectivity index (χ0v) is 18.6. The molecule has 1 spiro atoms. The minimum Gasteiger partial charge on any atom is -0.480 e. The van der Waals surface area contributed by atoms with Gasteiger partial charge in [-0.15, -0.1) is 0 Å². The van der Waals surface area contributed by atoms with Crippen LogP contribution in [0.2, 0.25) is 0 Å². The number of nitrogens with one attached hydrogen (secondary N) is 2. The fourth-order valence-electron chi connectivity index (χ4n) is 5.01. The fraction of sp³-hybridized carbons (Fsp3) is 0.571. The average molecular weight is 446 g/mol. The van der Waals surface area contributed by atoms with Crippen molar-refractivity contribution in [1.29, 1.82) is 0 Å². The largest absolute Gasteiger partial charge is 0.480 e. The number of hydrogen-bond acceptors (Lipinski definition) is 6. The molecular formula is C21H27N5O4S. The smallest absolute Gasteiger partial charge is 0.333 e. The lowest BCUT2D eigenvalue weighted by Crippen LogP contribution is -2.35. The van der Waals surface area contributed by atoms with Crippen molar-refractivity contribution < 1.29 is 17.9 Å². The molecule has 0 aliphatic heterocycles. The number of aryl methyl sites for hydroxylation is 2. The monoisotopic (exact) mass is 445 g/mol. The van der Waals surface area contributed by atoms with E-state index in [4.69, 9.17) is 9.72 Å². The molecular weight excluding hydrogens is 418 g/mol. The van der Waals surface area contributed by atoms with Gasteiger partial charge in [-0.25, -0.2) is 22.6 Å². The predicted octanol–water partition coefficient (Wildman–Crippen LogP) is 2.67. The van der Waals surface area contributed by atoms with Crippen LogP contribution in [-0.2, 0) is 41.2 Å². The molecule has 1 saturated carbocycles. The number of methoxy groups -OCH3 is 1. The molecule has 2 heterocycles. The first kappa shape index (κ1) is 20.3. The zero-order chi connectivity index (χ0) is 21.8. The van der Waals surface area contributed by atoms with Crippen LogP contribution in [0.3, 0.4) is 0 Å². The lowest BCUT2D eigenvalue weighted by molar-refractivity contribution is 0.256. The Labute approximate surface area is 181 Å². The third-order valence-electron chi connectivity index (χ3n) is 6.68. The Morgan fingerprint density at radius 1 is 1.23 bits per heavy atom. The van der Waals surface area contributed by atoms with Crippen LogP contribution in [0.1, 0.15) is 61.5 Å². The summed E-state index contributed by atoms with van der Waals surface area (Å²) in [5, 5.41) is 6.95. The van der Waals surface area contributed by atoms with Gasteiger partial charge in [0.15, 0.2) is 4.90 Å². The summed E-state index contributed by atoms with van der Waals surface area (Å²) in [6, 6.07) is -0.774. The van der Waals surface area contributed by atoms with Crippen LogP contribution in [0.4, 0.5) is 10.5 Å². The van der Waals surface area contributed by atoms with Gasteiger partial charge in [0.25, 0.3) is 10.0 Å². The molecule has 166 valence electrons. The molecule has 2 aromatic rings. The topological polar surface area (TPSA) is 115 Å². The number of sulfonamides is 1. The van der Waals surface area contributed by atoms with E-state index in [9.17, 15) is 13.2 Å². The second-order valence-electron chi connectivity index (χ2n) is 8.67. The van der Waals surface area contributed by atoms with E-state index in [2.05, 4.69) is 15.1 Å². The number of urea groups is 1. The Kier molecular flexibility index (Phi) is 4.72. The Balaban J connectivity index is 1.42. The maximum Gasteiger partial charge on any atom is 0.333 e. The number of anilines is 1. The molecule has 3 aliphatic rings. The maximum absolute atomic E-state index is 12.9. The van der Waals surface area contributed by atoms with Gasteiger partial charge < -0.3 is 10.1 Å². The van der Waals surface area contributed by atoms with E-state index in [-0.39, 0.29) is 16.2 Å². The van der Waals surface area contributed by atoms with E-state index in [0.717, 1.165) is 79.6 Å². The van der Waals surface area contributed by atoms with Crippen molar-refractivity contribution in [3.05, 3.63) is 28.7 Å². The van der Waals surface area contributed by atoms with Crippen LogP contribution in [0, 0.1) is 0 Å². The number of carbonyl (C=O) groups is 1. The molecule has 3 aliphatic carbocycles. The third-order valence-corrected chi connectivity index (χ3v) is 7.99. The predicted molar refractivity (Wildman–Crippen MR) is 114 cm³/mol. The van der Waals surface area contributed by atoms with Crippen LogP contribution in [-0.4, -0.2) is 36.3 Å². The molecule has 0 bridgehead atoms. The first-order valence-corrected chi connectivity index (χ1v) is 12.4. The van der Waals surface area contributed by atoms with Gasteiger partial charge in [-0.2, -0.15) is 5.10 Å². The molecule has 0 saturated heterocycles. The highest BCUT2D eigenvalue weighted by molar-refractivity contribution is 7.90. The summed E-state index contributed by atoms with van der Waals surface area (Å²) >= 11 is 0. The third kappa shape index (κ3) is 3.28. The molecule has 0 aromatic carbocycles. The van der Waals surface area contributed by atoms with Crippen molar-refractivity contribution in [3.8, 4) is 5.88 Å². The van der Waals surface area contributed by atoms with Crippen LogP contribution in [0.5, 0.6) is 5.88 Å². The van der Waals surface area contributed by atoms with Gasteiger partial charge in [0.05, 0.1) is 24.7 Å². The first-order chi connectivity index (χ1) is 14.9. The molecule has 9 nitrogen and oxygen atoms in total. The van der Waals surface area contributed by atoms with Gasteiger partial charge in [0.2, 0.25) is 5.88 Å². The molecule has 1 fully saturated rings. The van der Waals surface area contributed by atoms with Crippen LogP contribution >= 0.6 is 0 Å². The van der Waals surface area contributed by atoms with Crippen molar-refractivity contribution in [2.24, 2.45) is 0 Å². The van der Waals surface area contributed by atoms with Crippen molar-refractivity contribution in [2.45, 2.75) is 75.1 Å². The second kappa shape index (κ2) is 7.22. The van der Waals surface area contributed by atoms with E-state index in [0.29, 0.717) is 6.54 Å². The van der Waals surface area contributed by atoms with Crippen LogP contribution in [0.15, 0.2) is 11.1 Å². The number of aromatic nitrogens is 3. The normalized spacial score (nSPS) is 18.0. The summed E-state index contributed by atoms with van der Waals surface area (Å²) in [6.45, 7) is 2.47. The van der Waals surface area contributed by atoms with Gasteiger partial charge in [0, 0.05) is 17.7 Å².